The number of para-hydroxylation sites is 1. The van der Waals surface area contributed by atoms with E-state index >= 15 is 0 Å². The number of carboxylic acid groups (broad SMARTS) is 1. The molecule has 0 fully saturated rings. The van der Waals surface area contributed by atoms with Gasteiger partial charge in [0, 0.05) is 11.8 Å². The minimum absolute atomic E-state index is 0.0341. The highest BCUT2D eigenvalue weighted by Gasteiger charge is 2.08. The predicted octanol–water partition coefficient (Wildman–Crippen LogP) is 1.63. The third-order valence-electron chi connectivity index (χ3n) is 2.47. The van der Waals surface area contributed by atoms with Crippen molar-refractivity contribution in [2.24, 2.45) is 0 Å². The zero-order valence-electron chi connectivity index (χ0n) is 10.3. The molecule has 7 heteroatoms. The van der Waals surface area contributed by atoms with Crippen molar-refractivity contribution in [3.8, 4) is 5.75 Å². The molecule has 104 valence electrons. The molecule has 0 bridgehead atoms. The molecule has 0 saturated carbocycles. The van der Waals surface area contributed by atoms with Gasteiger partial charge in [0.25, 0.3) is 5.56 Å². The highest BCUT2D eigenvalue weighted by molar-refractivity contribution is 6.32. The van der Waals surface area contributed by atoms with Crippen LogP contribution in [-0.4, -0.2) is 21.0 Å². The van der Waals surface area contributed by atoms with Crippen LogP contribution in [0.5, 0.6) is 5.75 Å². The fourth-order valence-corrected chi connectivity index (χ4v) is 1.72. The maximum Gasteiger partial charge on any atom is 0.308 e. The van der Waals surface area contributed by atoms with E-state index in [1.54, 1.807) is 24.3 Å². The molecule has 2 N–H and O–H groups in total. The van der Waals surface area contributed by atoms with Crippen LogP contribution in [0.15, 0.2) is 35.3 Å². The Bertz CT molecular complexity index is 684. The molecule has 0 spiro atoms. The largest absolute Gasteiger partial charge is 0.484 e. The van der Waals surface area contributed by atoms with E-state index in [1.165, 1.54) is 6.20 Å². The Hall–Kier alpha value is -2.34. The summed E-state index contributed by atoms with van der Waals surface area (Å²) in [7, 11) is 0. The zero-order chi connectivity index (χ0) is 14.5. The minimum atomic E-state index is -1.09. The van der Waals surface area contributed by atoms with E-state index in [1.807, 2.05) is 0 Å². The highest BCUT2D eigenvalue weighted by atomic mass is 35.5. The Labute approximate surface area is 119 Å². The van der Waals surface area contributed by atoms with Gasteiger partial charge in [0.05, 0.1) is 11.4 Å². The number of hydrogen-bond acceptors (Lipinski definition) is 4. The monoisotopic (exact) mass is 294 g/mol. The van der Waals surface area contributed by atoms with Crippen molar-refractivity contribution < 1.29 is 14.6 Å². The van der Waals surface area contributed by atoms with E-state index < -0.39 is 11.5 Å². The van der Waals surface area contributed by atoms with Crippen LogP contribution in [0.2, 0.25) is 5.02 Å². The van der Waals surface area contributed by atoms with Crippen LogP contribution < -0.4 is 10.3 Å². The van der Waals surface area contributed by atoms with Crippen LogP contribution >= 0.6 is 11.6 Å². The lowest BCUT2D eigenvalue weighted by molar-refractivity contribution is -0.136. The third kappa shape index (κ3) is 3.58. The lowest BCUT2D eigenvalue weighted by Gasteiger charge is -2.07. The summed E-state index contributed by atoms with van der Waals surface area (Å²) >= 11 is 5.92. The van der Waals surface area contributed by atoms with Crippen molar-refractivity contribution in [1.82, 2.24) is 9.97 Å². The zero-order valence-corrected chi connectivity index (χ0v) is 11.1. The first-order chi connectivity index (χ1) is 9.56. The molecule has 0 saturated heterocycles. The summed E-state index contributed by atoms with van der Waals surface area (Å²) in [6.45, 7) is 0.0341. The van der Waals surface area contributed by atoms with Gasteiger partial charge in [-0.25, -0.2) is 4.98 Å². The number of H-pyrrole nitrogens is 1. The average molecular weight is 295 g/mol. The first-order valence-electron chi connectivity index (χ1n) is 5.72. The van der Waals surface area contributed by atoms with Crippen LogP contribution in [-0.2, 0) is 17.8 Å². The molecular formula is C13H11ClN2O4. The van der Waals surface area contributed by atoms with Gasteiger partial charge in [0.1, 0.15) is 18.2 Å². The first-order valence-corrected chi connectivity index (χ1v) is 6.10. The maximum absolute atomic E-state index is 11.6. The van der Waals surface area contributed by atoms with Gasteiger partial charge < -0.3 is 14.8 Å². The van der Waals surface area contributed by atoms with Crippen molar-refractivity contribution in [3.63, 3.8) is 0 Å². The highest BCUT2D eigenvalue weighted by Crippen LogP contribution is 2.23. The summed E-state index contributed by atoms with van der Waals surface area (Å²) < 4.78 is 5.42. The van der Waals surface area contributed by atoms with E-state index in [9.17, 15) is 9.59 Å². The van der Waals surface area contributed by atoms with E-state index in [2.05, 4.69) is 9.97 Å². The first kappa shape index (κ1) is 14.1. The number of aromatic amines is 1. The number of nitrogens with zero attached hydrogens (tertiary/aromatic N) is 1. The lowest BCUT2D eigenvalue weighted by Crippen LogP contribution is -2.19. The molecule has 2 rings (SSSR count). The normalized spacial score (nSPS) is 10.2. The molecule has 0 aliphatic rings. The van der Waals surface area contributed by atoms with E-state index in [0.717, 1.165) is 0 Å². The minimum Gasteiger partial charge on any atom is -0.484 e. The molecule has 0 unspecified atom stereocenters. The molecule has 1 aromatic heterocycles. The molecule has 1 aromatic carbocycles. The van der Waals surface area contributed by atoms with Crippen LogP contribution in [0.3, 0.4) is 0 Å². The molecular weight excluding hydrogens is 284 g/mol. The number of rotatable bonds is 5. The Morgan fingerprint density at radius 1 is 1.40 bits per heavy atom. The molecule has 0 aliphatic heterocycles. The second kappa shape index (κ2) is 6.21. The fraction of sp³-hybridized carbons (Fsp3) is 0.154. The summed E-state index contributed by atoms with van der Waals surface area (Å²) in [5.41, 5.74) is -0.390. The summed E-state index contributed by atoms with van der Waals surface area (Å²) in [6.07, 6.45) is 0.867. The predicted molar refractivity (Wildman–Crippen MR) is 72.0 cm³/mol. The third-order valence-corrected chi connectivity index (χ3v) is 2.78. The van der Waals surface area contributed by atoms with Crippen molar-refractivity contribution in [2.75, 3.05) is 0 Å². The maximum atomic E-state index is 11.6. The molecule has 0 amide bonds. The average Bonchev–Trinajstić information content (AvgIpc) is 2.40. The fourth-order valence-electron chi connectivity index (χ4n) is 1.53. The Balaban J connectivity index is 2.08. The van der Waals surface area contributed by atoms with Crippen molar-refractivity contribution in [1.29, 1.82) is 0 Å². The summed E-state index contributed by atoms with van der Waals surface area (Å²) in [5, 5.41) is 9.08. The van der Waals surface area contributed by atoms with E-state index in [0.29, 0.717) is 16.6 Å². The van der Waals surface area contributed by atoms with Gasteiger partial charge in [-0.15, -0.1) is 0 Å². The second-order valence-electron chi connectivity index (χ2n) is 3.97. The lowest BCUT2D eigenvalue weighted by atomic mass is 10.2. The van der Waals surface area contributed by atoms with Crippen LogP contribution in [0.25, 0.3) is 0 Å². The Kier molecular flexibility index (Phi) is 4.37. The quantitative estimate of drug-likeness (QED) is 0.874. The Morgan fingerprint density at radius 3 is 2.80 bits per heavy atom. The summed E-state index contributed by atoms with van der Waals surface area (Å²) in [5.74, 6) is -0.312. The van der Waals surface area contributed by atoms with Gasteiger partial charge in [-0.05, 0) is 12.1 Å². The Morgan fingerprint density at radius 2 is 2.15 bits per heavy atom. The number of ether oxygens (including phenoxy) is 1. The van der Waals surface area contributed by atoms with Gasteiger partial charge in [0.2, 0.25) is 0 Å². The summed E-state index contributed by atoms with van der Waals surface area (Å²) in [4.78, 5) is 28.6. The SMILES string of the molecule is O=C(O)Cc1cnc(COc2ccccc2Cl)[nH]c1=O. The molecule has 1 heterocycles. The molecule has 2 aromatic rings. The van der Waals surface area contributed by atoms with Crippen molar-refractivity contribution in [3.05, 3.63) is 57.2 Å². The smallest absolute Gasteiger partial charge is 0.308 e. The van der Waals surface area contributed by atoms with Gasteiger partial charge in [-0.1, -0.05) is 23.7 Å². The number of aliphatic carboxylic acids is 1. The van der Waals surface area contributed by atoms with Crippen LogP contribution in [0, 0.1) is 0 Å². The number of halogens is 1. The van der Waals surface area contributed by atoms with Crippen LogP contribution in [0.4, 0.5) is 0 Å². The number of hydrogen-bond donors (Lipinski definition) is 2. The van der Waals surface area contributed by atoms with Crippen molar-refractivity contribution >= 4 is 17.6 Å². The van der Waals surface area contributed by atoms with E-state index in [-0.39, 0.29) is 18.6 Å². The van der Waals surface area contributed by atoms with Gasteiger partial charge >= 0.3 is 5.97 Å². The molecule has 6 nitrogen and oxygen atoms in total. The molecule has 20 heavy (non-hydrogen) atoms. The van der Waals surface area contributed by atoms with E-state index in [4.69, 9.17) is 21.4 Å². The van der Waals surface area contributed by atoms with Gasteiger partial charge in [0.15, 0.2) is 0 Å². The van der Waals surface area contributed by atoms with Gasteiger partial charge in [-0.3, -0.25) is 9.59 Å². The molecule has 0 atom stereocenters. The molecule has 0 radical (unpaired) electrons. The second-order valence-corrected chi connectivity index (χ2v) is 4.38. The van der Waals surface area contributed by atoms with Crippen molar-refractivity contribution in [2.45, 2.75) is 13.0 Å². The number of carbonyl (C=O) groups is 1. The summed E-state index contributed by atoms with van der Waals surface area (Å²) in [6, 6.07) is 6.92. The van der Waals surface area contributed by atoms with Crippen LogP contribution in [0.1, 0.15) is 11.4 Å². The number of aromatic nitrogens is 2. The number of nitrogens with one attached hydrogen (secondary N) is 1. The number of benzene rings is 1. The topological polar surface area (TPSA) is 92.3 Å². The number of carboxylic acids is 1. The molecule has 0 aliphatic carbocycles. The standard InChI is InChI=1S/C13H11ClN2O4/c14-9-3-1-2-4-10(9)20-7-11-15-6-8(5-12(17)18)13(19)16-11/h1-4,6H,5,7H2,(H,17,18)(H,15,16,19). The van der Waals surface area contributed by atoms with Gasteiger partial charge in [-0.2, -0.15) is 0 Å².